The standard InChI is InChI=1S/C14H16FN3/c1-2-9-18(11-12-10-16-7-8-17-12)14-6-4-3-5-13(14)15/h3-8,10H,2,9,11H2,1H3. The summed E-state index contributed by atoms with van der Waals surface area (Å²) in [6.45, 7) is 3.44. The van der Waals surface area contributed by atoms with Crippen LogP contribution in [0.5, 0.6) is 0 Å². The van der Waals surface area contributed by atoms with Crippen molar-refractivity contribution in [3.05, 3.63) is 54.4 Å². The Labute approximate surface area is 106 Å². The van der Waals surface area contributed by atoms with E-state index in [9.17, 15) is 4.39 Å². The lowest BCUT2D eigenvalue weighted by atomic mass is 10.2. The van der Waals surface area contributed by atoms with Crippen LogP contribution >= 0.6 is 0 Å². The van der Waals surface area contributed by atoms with Crippen LogP contribution in [0.2, 0.25) is 0 Å². The predicted octanol–water partition coefficient (Wildman–Crippen LogP) is 3.03. The molecule has 1 aromatic heterocycles. The number of rotatable bonds is 5. The highest BCUT2D eigenvalue weighted by atomic mass is 19.1. The number of aromatic nitrogens is 2. The van der Waals surface area contributed by atoms with E-state index in [2.05, 4.69) is 16.9 Å². The molecule has 4 heteroatoms. The molecule has 0 saturated heterocycles. The zero-order valence-corrected chi connectivity index (χ0v) is 10.4. The Morgan fingerprint density at radius 2 is 2.06 bits per heavy atom. The second kappa shape index (κ2) is 6.10. The fraction of sp³-hybridized carbons (Fsp3) is 0.286. The van der Waals surface area contributed by atoms with Crippen LogP contribution in [0.4, 0.5) is 10.1 Å². The summed E-state index contributed by atoms with van der Waals surface area (Å²) in [4.78, 5) is 10.2. The van der Waals surface area contributed by atoms with Crippen molar-refractivity contribution >= 4 is 5.69 Å². The van der Waals surface area contributed by atoms with Crippen LogP contribution in [-0.4, -0.2) is 16.5 Å². The van der Waals surface area contributed by atoms with Crippen molar-refractivity contribution in [3.8, 4) is 0 Å². The van der Waals surface area contributed by atoms with E-state index < -0.39 is 0 Å². The van der Waals surface area contributed by atoms with Gasteiger partial charge in [-0.1, -0.05) is 19.1 Å². The van der Waals surface area contributed by atoms with E-state index in [-0.39, 0.29) is 5.82 Å². The van der Waals surface area contributed by atoms with Crippen LogP contribution in [-0.2, 0) is 6.54 Å². The average Bonchev–Trinajstić information content (AvgIpc) is 2.40. The summed E-state index contributed by atoms with van der Waals surface area (Å²) in [5.41, 5.74) is 1.46. The van der Waals surface area contributed by atoms with Gasteiger partial charge in [0.15, 0.2) is 0 Å². The third kappa shape index (κ3) is 3.03. The Hall–Kier alpha value is -1.97. The molecule has 0 fully saturated rings. The zero-order valence-electron chi connectivity index (χ0n) is 10.4. The molecular weight excluding hydrogens is 229 g/mol. The third-order valence-electron chi connectivity index (χ3n) is 2.66. The van der Waals surface area contributed by atoms with Gasteiger partial charge in [-0.3, -0.25) is 9.97 Å². The zero-order chi connectivity index (χ0) is 12.8. The fourth-order valence-electron chi connectivity index (χ4n) is 1.87. The van der Waals surface area contributed by atoms with Crippen molar-refractivity contribution in [3.63, 3.8) is 0 Å². The monoisotopic (exact) mass is 245 g/mol. The van der Waals surface area contributed by atoms with Crippen molar-refractivity contribution in [2.24, 2.45) is 0 Å². The Balaban J connectivity index is 2.21. The van der Waals surface area contributed by atoms with Crippen LogP contribution in [0.3, 0.4) is 0 Å². The van der Waals surface area contributed by atoms with Gasteiger partial charge in [0.05, 0.1) is 24.1 Å². The second-order valence-corrected chi connectivity index (χ2v) is 4.07. The van der Waals surface area contributed by atoms with Gasteiger partial charge < -0.3 is 4.90 Å². The molecule has 0 amide bonds. The highest BCUT2D eigenvalue weighted by molar-refractivity contribution is 5.47. The first kappa shape index (κ1) is 12.5. The van der Waals surface area contributed by atoms with Crippen LogP contribution in [0.15, 0.2) is 42.9 Å². The van der Waals surface area contributed by atoms with E-state index in [1.54, 1.807) is 30.7 Å². The summed E-state index contributed by atoms with van der Waals surface area (Å²) in [6.07, 6.45) is 5.95. The minimum absolute atomic E-state index is 0.199. The SMILES string of the molecule is CCCN(Cc1cnccn1)c1ccccc1F. The molecule has 0 unspecified atom stereocenters. The molecule has 0 aliphatic carbocycles. The van der Waals surface area contributed by atoms with E-state index in [0.717, 1.165) is 18.7 Å². The minimum atomic E-state index is -0.199. The Morgan fingerprint density at radius 1 is 1.22 bits per heavy atom. The van der Waals surface area contributed by atoms with Crippen molar-refractivity contribution in [2.45, 2.75) is 19.9 Å². The Morgan fingerprint density at radius 3 is 2.72 bits per heavy atom. The summed E-state index contributed by atoms with van der Waals surface area (Å²) in [6, 6.07) is 6.82. The maximum atomic E-state index is 13.8. The van der Waals surface area contributed by atoms with Crippen molar-refractivity contribution in [2.75, 3.05) is 11.4 Å². The van der Waals surface area contributed by atoms with Gasteiger partial charge in [0, 0.05) is 18.9 Å². The number of halogens is 1. The quantitative estimate of drug-likeness (QED) is 0.810. The number of benzene rings is 1. The largest absolute Gasteiger partial charge is 0.363 e. The van der Waals surface area contributed by atoms with E-state index in [1.165, 1.54) is 6.07 Å². The molecule has 0 spiro atoms. The fourth-order valence-corrected chi connectivity index (χ4v) is 1.87. The lowest BCUT2D eigenvalue weighted by molar-refractivity contribution is 0.613. The van der Waals surface area contributed by atoms with Gasteiger partial charge in [-0.15, -0.1) is 0 Å². The Bertz CT molecular complexity index is 487. The van der Waals surface area contributed by atoms with Crippen LogP contribution in [0, 0.1) is 5.82 Å². The number of nitrogens with zero attached hydrogens (tertiary/aromatic N) is 3. The van der Waals surface area contributed by atoms with Gasteiger partial charge >= 0.3 is 0 Å². The van der Waals surface area contributed by atoms with E-state index in [0.29, 0.717) is 12.2 Å². The molecule has 2 rings (SSSR count). The van der Waals surface area contributed by atoms with Crippen LogP contribution in [0.25, 0.3) is 0 Å². The topological polar surface area (TPSA) is 29.0 Å². The summed E-state index contributed by atoms with van der Waals surface area (Å²) in [5.74, 6) is -0.199. The van der Waals surface area contributed by atoms with Gasteiger partial charge in [0.2, 0.25) is 0 Å². The minimum Gasteiger partial charge on any atom is -0.363 e. The van der Waals surface area contributed by atoms with E-state index >= 15 is 0 Å². The van der Waals surface area contributed by atoms with Gasteiger partial charge in [0.1, 0.15) is 5.82 Å². The molecule has 0 bridgehead atoms. The van der Waals surface area contributed by atoms with E-state index in [1.807, 2.05) is 11.0 Å². The smallest absolute Gasteiger partial charge is 0.146 e. The highest BCUT2D eigenvalue weighted by Crippen LogP contribution is 2.20. The number of hydrogen-bond donors (Lipinski definition) is 0. The molecular formula is C14H16FN3. The molecule has 0 aliphatic rings. The summed E-state index contributed by atoms with van der Waals surface area (Å²) in [5, 5.41) is 0. The Kier molecular flexibility index (Phi) is 4.23. The molecule has 94 valence electrons. The molecule has 0 aliphatic heterocycles. The third-order valence-corrected chi connectivity index (χ3v) is 2.66. The van der Waals surface area contributed by atoms with E-state index in [4.69, 9.17) is 0 Å². The lowest BCUT2D eigenvalue weighted by Gasteiger charge is -2.24. The van der Waals surface area contributed by atoms with Crippen molar-refractivity contribution < 1.29 is 4.39 Å². The molecule has 18 heavy (non-hydrogen) atoms. The first-order chi connectivity index (χ1) is 8.81. The molecule has 2 aromatic rings. The van der Waals surface area contributed by atoms with Gasteiger partial charge in [-0.25, -0.2) is 4.39 Å². The van der Waals surface area contributed by atoms with Gasteiger partial charge in [-0.2, -0.15) is 0 Å². The van der Waals surface area contributed by atoms with Crippen LogP contribution < -0.4 is 4.90 Å². The first-order valence-electron chi connectivity index (χ1n) is 6.05. The number of anilines is 1. The number of hydrogen-bond acceptors (Lipinski definition) is 3. The summed E-state index contributed by atoms with van der Waals surface area (Å²) < 4.78 is 13.8. The molecule has 0 radical (unpaired) electrons. The second-order valence-electron chi connectivity index (χ2n) is 4.07. The van der Waals surface area contributed by atoms with Crippen molar-refractivity contribution in [1.29, 1.82) is 0 Å². The summed E-state index contributed by atoms with van der Waals surface area (Å²) >= 11 is 0. The van der Waals surface area contributed by atoms with Gasteiger partial charge in [-0.05, 0) is 18.6 Å². The highest BCUT2D eigenvalue weighted by Gasteiger charge is 2.11. The molecule has 0 N–H and O–H groups in total. The lowest BCUT2D eigenvalue weighted by Crippen LogP contribution is -2.25. The molecule has 1 heterocycles. The van der Waals surface area contributed by atoms with Gasteiger partial charge in [0.25, 0.3) is 0 Å². The number of para-hydroxylation sites is 1. The predicted molar refractivity (Wildman–Crippen MR) is 69.8 cm³/mol. The molecule has 0 atom stereocenters. The molecule has 1 aromatic carbocycles. The molecule has 0 saturated carbocycles. The first-order valence-corrected chi connectivity index (χ1v) is 6.05. The van der Waals surface area contributed by atoms with Crippen molar-refractivity contribution in [1.82, 2.24) is 9.97 Å². The maximum absolute atomic E-state index is 13.8. The summed E-state index contributed by atoms with van der Waals surface area (Å²) in [7, 11) is 0. The molecule has 3 nitrogen and oxygen atoms in total. The van der Waals surface area contributed by atoms with Crippen LogP contribution in [0.1, 0.15) is 19.0 Å². The average molecular weight is 245 g/mol. The maximum Gasteiger partial charge on any atom is 0.146 e. The normalized spacial score (nSPS) is 10.3.